The van der Waals surface area contributed by atoms with E-state index >= 15 is 0 Å². The fourth-order valence-electron chi connectivity index (χ4n) is 2.53. The molecule has 0 aliphatic carbocycles. The summed E-state index contributed by atoms with van der Waals surface area (Å²) in [6.45, 7) is 6.76. The Bertz CT molecular complexity index is 425. The van der Waals surface area contributed by atoms with Gasteiger partial charge in [-0.1, -0.05) is 0 Å². The molecule has 0 amide bonds. The average Bonchev–Trinajstić information content (AvgIpc) is 2.86. The van der Waals surface area contributed by atoms with Gasteiger partial charge in [0.2, 0.25) is 0 Å². The molecule has 3 heterocycles. The van der Waals surface area contributed by atoms with Gasteiger partial charge in [0.1, 0.15) is 5.60 Å². The molecular formula is C12H17N3O. The molecular weight excluding hydrogens is 202 g/mol. The van der Waals surface area contributed by atoms with Crippen molar-refractivity contribution in [2.75, 3.05) is 6.61 Å². The summed E-state index contributed by atoms with van der Waals surface area (Å²) < 4.78 is 5.80. The van der Waals surface area contributed by atoms with Crippen LogP contribution in [-0.4, -0.2) is 16.6 Å². The van der Waals surface area contributed by atoms with Gasteiger partial charge in [0.15, 0.2) is 5.82 Å². The maximum Gasteiger partial charge on any atom is 0.160 e. The summed E-state index contributed by atoms with van der Waals surface area (Å²) in [5.41, 5.74) is 3.26. The lowest BCUT2D eigenvalue weighted by Gasteiger charge is -2.22. The fourth-order valence-corrected chi connectivity index (χ4v) is 2.53. The van der Waals surface area contributed by atoms with Crippen molar-refractivity contribution in [3.63, 3.8) is 0 Å². The average molecular weight is 219 g/mol. The zero-order valence-electron chi connectivity index (χ0n) is 9.84. The molecule has 1 saturated heterocycles. The molecule has 4 heteroatoms. The minimum atomic E-state index is -0.262. The lowest BCUT2D eigenvalue weighted by Crippen LogP contribution is -2.24. The summed E-state index contributed by atoms with van der Waals surface area (Å²) in [6.07, 6.45) is 2.13. The lowest BCUT2D eigenvalue weighted by atomic mass is 10.0. The zero-order valence-corrected chi connectivity index (χ0v) is 9.84. The number of nitrogens with zero attached hydrogens (tertiary/aromatic N) is 2. The van der Waals surface area contributed by atoms with Crippen LogP contribution in [-0.2, 0) is 23.4 Å². The second-order valence-corrected chi connectivity index (χ2v) is 4.84. The lowest BCUT2D eigenvalue weighted by molar-refractivity contribution is 0.00902. The van der Waals surface area contributed by atoms with Crippen LogP contribution in [0, 0.1) is 6.92 Å². The van der Waals surface area contributed by atoms with E-state index in [9.17, 15) is 0 Å². The van der Waals surface area contributed by atoms with Crippen molar-refractivity contribution in [3.8, 4) is 0 Å². The summed E-state index contributed by atoms with van der Waals surface area (Å²) in [4.78, 5) is 9.29. The van der Waals surface area contributed by atoms with Crippen LogP contribution >= 0.6 is 0 Å². The van der Waals surface area contributed by atoms with Crippen molar-refractivity contribution in [2.45, 2.75) is 45.4 Å². The number of hydrogen-bond donors (Lipinski definition) is 1. The standard InChI is InChI=1S/C12H17N3O/c1-8-9-6-13-7-10(9)15-11(14-8)12(2)4-3-5-16-12/h13H,3-7H2,1-2H3. The first kappa shape index (κ1) is 10.2. The van der Waals surface area contributed by atoms with E-state index < -0.39 is 0 Å². The molecule has 1 aromatic rings. The molecule has 2 aliphatic rings. The maximum atomic E-state index is 5.80. The minimum Gasteiger partial charge on any atom is -0.367 e. The normalized spacial score (nSPS) is 28.4. The molecule has 0 aromatic carbocycles. The Morgan fingerprint density at radius 1 is 1.31 bits per heavy atom. The predicted octanol–water partition coefficient (Wildman–Crippen LogP) is 1.41. The van der Waals surface area contributed by atoms with Crippen LogP contribution in [0.15, 0.2) is 0 Å². The van der Waals surface area contributed by atoms with Gasteiger partial charge in [-0.05, 0) is 26.7 Å². The molecule has 1 unspecified atom stereocenters. The Morgan fingerprint density at radius 2 is 2.19 bits per heavy atom. The molecule has 0 spiro atoms. The summed E-state index contributed by atoms with van der Waals surface area (Å²) in [5, 5.41) is 3.32. The SMILES string of the molecule is Cc1nc(C2(C)CCCO2)nc2c1CNC2. The van der Waals surface area contributed by atoms with Crippen LogP contribution in [0.5, 0.6) is 0 Å². The van der Waals surface area contributed by atoms with E-state index in [0.29, 0.717) is 0 Å². The molecule has 3 rings (SSSR count). The van der Waals surface area contributed by atoms with E-state index in [1.54, 1.807) is 0 Å². The van der Waals surface area contributed by atoms with Crippen molar-refractivity contribution in [1.82, 2.24) is 15.3 Å². The smallest absolute Gasteiger partial charge is 0.160 e. The number of hydrogen-bond acceptors (Lipinski definition) is 4. The van der Waals surface area contributed by atoms with E-state index in [1.807, 2.05) is 0 Å². The molecule has 1 aromatic heterocycles. The van der Waals surface area contributed by atoms with Gasteiger partial charge in [0, 0.05) is 31.0 Å². The van der Waals surface area contributed by atoms with E-state index in [-0.39, 0.29) is 5.60 Å². The maximum absolute atomic E-state index is 5.80. The summed E-state index contributed by atoms with van der Waals surface area (Å²) in [6, 6.07) is 0. The second kappa shape index (κ2) is 3.50. The Kier molecular flexibility index (Phi) is 2.23. The van der Waals surface area contributed by atoms with Crippen molar-refractivity contribution in [3.05, 3.63) is 22.8 Å². The van der Waals surface area contributed by atoms with Crippen LogP contribution < -0.4 is 5.32 Å². The highest BCUT2D eigenvalue weighted by atomic mass is 16.5. The summed E-state index contributed by atoms with van der Waals surface area (Å²) in [5.74, 6) is 0.866. The van der Waals surface area contributed by atoms with Crippen LogP contribution in [0.3, 0.4) is 0 Å². The minimum absolute atomic E-state index is 0.262. The van der Waals surface area contributed by atoms with E-state index in [1.165, 1.54) is 5.56 Å². The fraction of sp³-hybridized carbons (Fsp3) is 0.667. The second-order valence-electron chi connectivity index (χ2n) is 4.84. The van der Waals surface area contributed by atoms with Crippen LogP contribution in [0.4, 0.5) is 0 Å². The number of fused-ring (bicyclic) bond motifs is 1. The first-order chi connectivity index (χ1) is 7.69. The van der Waals surface area contributed by atoms with Gasteiger partial charge in [-0.25, -0.2) is 9.97 Å². The van der Waals surface area contributed by atoms with Gasteiger partial charge >= 0.3 is 0 Å². The number of rotatable bonds is 1. The zero-order chi connectivity index (χ0) is 11.2. The summed E-state index contributed by atoms with van der Waals surface area (Å²) in [7, 11) is 0. The van der Waals surface area contributed by atoms with E-state index in [0.717, 1.165) is 49.8 Å². The Hall–Kier alpha value is -1.00. The van der Waals surface area contributed by atoms with Gasteiger partial charge in [0.25, 0.3) is 0 Å². The van der Waals surface area contributed by atoms with E-state index in [2.05, 4.69) is 29.1 Å². The van der Waals surface area contributed by atoms with Gasteiger partial charge < -0.3 is 10.1 Å². The van der Waals surface area contributed by atoms with Gasteiger partial charge in [-0.15, -0.1) is 0 Å². The topological polar surface area (TPSA) is 47.0 Å². The Balaban J connectivity index is 2.05. The third kappa shape index (κ3) is 1.44. The molecule has 16 heavy (non-hydrogen) atoms. The molecule has 0 saturated carbocycles. The Labute approximate surface area is 95.4 Å². The largest absolute Gasteiger partial charge is 0.367 e. The number of ether oxygens (including phenoxy) is 1. The highest BCUT2D eigenvalue weighted by molar-refractivity contribution is 5.29. The van der Waals surface area contributed by atoms with Crippen molar-refractivity contribution < 1.29 is 4.74 Å². The number of aromatic nitrogens is 2. The highest BCUT2D eigenvalue weighted by Crippen LogP contribution is 2.34. The summed E-state index contributed by atoms with van der Waals surface area (Å²) >= 11 is 0. The number of aryl methyl sites for hydroxylation is 1. The van der Waals surface area contributed by atoms with E-state index in [4.69, 9.17) is 4.74 Å². The van der Waals surface area contributed by atoms with Gasteiger partial charge in [0.05, 0.1) is 5.69 Å². The third-order valence-electron chi connectivity index (χ3n) is 3.59. The third-order valence-corrected chi connectivity index (χ3v) is 3.59. The molecule has 4 nitrogen and oxygen atoms in total. The first-order valence-corrected chi connectivity index (χ1v) is 5.90. The molecule has 1 fully saturated rings. The van der Waals surface area contributed by atoms with Crippen LogP contribution in [0.1, 0.15) is 42.5 Å². The van der Waals surface area contributed by atoms with Crippen LogP contribution in [0.2, 0.25) is 0 Å². The highest BCUT2D eigenvalue weighted by Gasteiger charge is 2.35. The quantitative estimate of drug-likeness (QED) is 0.776. The van der Waals surface area contributed by atoms with Gasteiger partial charge in [-0.2, -0.15) is 0 Å². The molecule has 86 valence electrons. The molecule has 2 aliphatic heterocycles. The monoisotopic (exact) mass is 219 g/mol. The predicted molar refractivity (Wildman–Crippen MR) is 59.9 cm³/mol. The van der Waals surface area contributed by atoms with Crippen molar-refractivity contribution in [1.29, 1.82) is 0 Å². The molecule has 0 radical (unpaired) electrons. The Morgan fingerprint density at radius 3 is 2.94 bits per heavy atom. The molecule has 0 bridgehead atoms. The molecule has 1 N–H and O–H groups in total. The van der Waals surface area contributed by atoms with Crippen molar-refractivity contribution in [2.24, 2.45) is 0 Å². The molecule has 1 atom stereocenters. The first-order valence-electron chi connectivity index (χ1n) is 5.90. The van der Waals surface area contributed by atoms with Crippen molar-refractivity contribution >= 4 is 0 Å². The van der Waals surface area contributed by atoms with Crippen LogP contribution in [0.25, 0.3) is 0 Å². The van der Waals surface area contributed by atoms with Gasteiger partial charge in [-0.3, -0.25) is 0 Å². The number of nitrogens with one attached hydrogen (secondary N) is 1.